The molecule has 2 aliphatic rings. The summed E-state index contributed by atoms with van der Waals surface area (Å²) in [6.07, 6.45) is 2.98. The molecule has 2 aromatic rings. The number of hydrogen-bond donors (Lipinski definition) is 3. The van der Waals surface area contributed by atoms with Crippen LogP contribution in [0.5, 0.6) is 0 Å². The Balaban J connectivity index is 0.957. The molecule has 0 atom stereocenters. The van der Waals surface area contributed by atoms with Gasteiger partial charge in [-0.1, -0.05) is 55.4 Å². The normalized spacial score (nSPS) is 15.7. The van der Waals surface area contributed by atoms with Gasteiger partial charge in [-0.3, -0.25) is 9.59 Å². The molecule has 3 N–H and O–H groups in total. The lowest BCUT2D eigenvalue weighted by Gasteiger charge is -2.38. The summed E-state index contributed by atoms with van der Waals surface area (Å²) in [5.74, 6) is -0.432. The Bertz CT molecular complexity index is 1180. The van der Waals surface area contributed by atoms with Crippen molar-refractivity contribution >= 4 is 17.9 Å². The summed E-state index contributed by atoms with van der Waals surface area (Å²) in [5.41, 5.74) is 4.36. The second kappa shape index (κ2) is 16.4. The molecular weight excluding hydrogens is 550 g/mol. The standard InChI is InChI=1S/C33H45N3O7/c1-33(24-37)13-17-36(18-14-33)31(39)23-42-22-30(38)34-16-8-20-41-19-7-6-15-35-32(40)43-21-29-27-11-4-2-9-25(27)26-10-3-5-12-28(26)29/h2-5,9-12,29,37H,6-8,13-24H2,1H3,(H,34,38)(H,35,40)/i1D. The van der Waals surface area contributed by atoms with Crippen LogP contribution in [0.15, 0.2) is 48.5 Å². The van der Waals surface area contributed by atoms with Crippen LogP contribution in [-0.2, 0) is 23.8 Å². The van der Waals surface area contributed by atoms with E-state index in [4.69, 9.17) is 15.6 Å². The van der Waals surface area contributed by atoms with Crippen molar-refractivity contribution in [3.63, 3.8) is 0 Å². The van der Waals surface area contributed by atoms with Crippen LogP contribution in [0.4, 0.5) is 4.79 Å². The Morgan fingerprint density at radius 2 is 1.56 bits per heavy atom. The summed E-state index contributed by atoms with van der Waals surface area (Å²) in [4.78, 5) is 38.2. The molecule has 10 nitrogen and oxygen atoms in total. The molecule has 234 valence electrons. The minimum Gasteiger partial charge on any atom is -0.449 e. The van der Waals surface area contributed by atoms with Crippen molar-refractivity contribution in [3.8, 4) is 11.1 Å². The fourth-order valence-corrected chi connectivity index (χ4v) is 5.44. The zero-order valence-corrected chi connectivity index (χ0v) is 24.9. The van der Waals surface area contributed by atoms with Gasteiger partial charge in [-0.25, -0.2) is 4.79 Å². The summed E-state index contributed by atoms with van der Waals surface area (Å²) >= 11 is 0. The number of hydrogen-bond acceptors (Lipinski definition) is 7. The van der Waals surface area contributed by atoms with Gasteiger partial charge in [0.2, 0.25) is 11.8 Å². The number of likely N-dealkylation sites (tertiary alicyclic amines) is 1. The summed E-state index contributed by atoms with van der Waals surface area (Å²) in [7, 11) is 0. The third kappa shape index (κ3) is 9.51. The highest BCUT2D eigenvalue weighted by atomic mass is 16.5. The largest absolute Gasteiger partial charge is 0.449 e. The minimum atomic E-state index is -0.419. The van der Waals surface area contributed by atoms with Crippen LogP contribution in [-0.4, -0.2) is 93.7 Å². The number of aliphatic hydroxyl groups is 1. The molecular formula is C33H45N3O7. The van der Waals surface area contributed by atoms with Crippen molar-refractivity contribution in [2.24, 2.45) is 5.41 Å². The monoisotopic (exact) mass is 596 g/mol. The van der Waals surface area contributed by atoms with Crippen molar-refractivity contribution in [3.05, 3.63) is 59.7 Å². The number of unbranched alkanes of at least 4 members (excludes halogenated alkanes) is 1. The van der Waals surface area contributed by atoms with Crippen molar-refractivity contribution in [2.75, 3.05) is 65.8 Å². The Morgan fingerprint density at radius 3 is 2.23 bits per heavy atom. The Hall–Kier alpha value is -3.47. The van der Waals surface area contributed by atoms with Crippen molar-refractivity contribution in [2.45, 2.75) is 44.9 Å². The van der Waals surface area contributed by atoms with Gasteiger partial charge in [0.1, 0.15) is 19.8 Å². The van der Waals surface area contributed by atoms with Crippen LogP contribution < -0.4 is 10.6 Å². The number of ether oxygens (including phenoxy) is 3. The third-order valence-corrected chi connectivity index (χ3v) is 8.09. The fourth-order valence-electron chi connectivity index (χ4n) is 5.44. The van der Waals surface area contributed by atoms with Crippen LogP contribution in [0.1, 0.15) is 57.4 Å². The lowest BCUT2D eigenvalue weighted by atomic mass is 9.81. The first-order chi connectivity index (χ1) is 21.5. The average molecular weight is 597 g/mol. The van der Waals surface area contributed by atoms with Crippen molar-refractivity contribution < 1.29 is 35.1 Å². The number of nitrogens with zero attached hydrogens (tertiary/aromatic N) is 1. The highest BCUT2D eigenvalue weighted by Crippen LogP contribution is 2.44. The summed E-state index contributed by atoms with van der Waals surface area (Å²) in [6.45, 7) is 3.04. The van der Waals surface area contributed by atoms with Gasteiger partial charge in [-0.05, 0) is 59.8 Å². The first-order valence-electron chi connectivity index (χ1n) is 15.9. The molecule has 0 unspecified atom stereocenters. The molecule has 0 saturated carbocycles. The zero-order valence-electron chi connectivity index (χ0n) is 25.9. The number of rotatable bonds is 16. The van der Waals surface area contributed by atoms with E-state index in [0.29, 0.717) is 65.3 Å². The first kappa shape index (κ1) is 31.0. The molecule has 2 aromatic carbocycles. The number of nitrogens with one attached hydrogen (secondary N) is 2. The maximum absolute atomic E-state index is 12.3. The molecule has 1 aliphatic heterocycles. The average Bonchev–Trinajstić information content (AvgIpc) is 3.38. The van der Waals surface area contributed by atoms with Gasteiger partial charge in [0.05, 0.1) is 0 Å². The van der Waals surface area contributed by atoms with E-state index in [1.807, 2.05) is 24.3 Å². The fraction of sp³-hybridized carbons (Fsp3) is 0.545. The number of piperidine rings is 1. The van der Waals surface area contributed by atoms with E-state index in [0.717, 1.165) is 12.8 Å². The molecule has 1 aliphatic carbocycles. The predicted molar refractivity (Wildman–Crippen MR) is 163 cm³/mol. The van der Waals surface area contributed by atoms with E-state index >= 15 is 0 Å². The van der Waals surface area contributed by atoms with Gasteiger partial charge in [0, 0.05) is 53.3 Å². The van der Waals surface area contributed by atoms with E-state index in [9.17, 15) is 19.5 Å². The molecule has 4 rings (SSSR count). The lowest BCUT2D eigenvalue weighted by molar-refractivity contribution is -0.140. The van der Waals surface area contributed by atoms with E-state index in [2.05, 4.69) is 34.9 Å². The minimum absolute atomic E-state index is 0.0383. The van der Waals surface area contributed by atoms with Gasteiger partial charge in [-0.2, -0.15) is 0 Å². The summed E-state index contributed by atoms with van der Waals surface area (Å²) in [5, 5.41) is 15.1. The number of aliphatic hydroxyl groups excluding tert-OH is 1. The van der Waals surface area contributed by atoms with Crippen LogP contribution in [0.3, 0.4) is 0 Å². The molecule has 10 heteroatoms. The van der Waals surface area contributed by atoms with E-state index in [1.165, 1.54) is 22.3 Å². The van der Waals surface area contributed by atoms with E-state index < -0.39 is 11.5 Å². The first-order valence-corrected chi connectivity index (χ1v) is 15.2. The van der Waals surface area contributed by atoms with Gasteiger partial charge in [-0.15, -0.1) is 0 Å². The van der Waals surface area contributed by atoms with E-state index in [-0.39, 0.29) is 44.5 Å². The number of amides is 3. The third-order valence-electron chi connectivity index (χ3n) is 8.09. The molecule has 1 heterocycles. The second-order valence-electron chi connectivity index (χ2n) is 11.3. The smallest absolute Gasteiger partial charge is 0.407 e. The molecule has 0 bridgehead atoms. The van der Waals surface area contributed by atoms with Gasteiger partial charge < -0.3 is 34.9 Å². The quantitative estimate of drug-likeness (QED) is 0.253. The van der Waals surface area contributed by atoms with Crippen LogP contribution in [0, 0.1) is 5.41 Å². The Kier molecular flexibility index (Phi) is 11.8. The van der Waals surface area contributed by atoms with Crippen molar-refractivity contribution in [1.29, 1.82) is 0 Å². The SMILES string of the molecule is [2H]CC1(CO)CCN(C(=O)COCC(=O)NCCCOCCCCNC(=O)OCC2c3ccccc3-c3ccccc32)CC1. The van der Waals surface area contributed by atoms with Crippen LogP contribution in [0.25, 0.3) is 11.1 Å². The topological polar surface area (TPSA) is 126 Å². The van der Waals surface area contributed by atoms with E-state index in [1.54, 1.807) is 4.90 Å². The van der Waals surface area contributed by atoms with Gasteiger partial charge in [0.25, 0.3) is 0 Å². The van der Waals surface area contributed by atoms with Crippen LogP contribution in [0.2, 0.25) is 0 Å². The van der Waals surface area contributed by atoms with Crippen molar-refractivity contribution in [1.82, 2.24) is 15.5 Å². The highest BCUT2D eigenvalue weighted by molar-refractivity contribution is 5.80. The molecule has 3 amide bonds. The number of carbonyl (C=O) groups excluding carboxylic acids is 3. The number of fused-ring (bicyclic) bond motifs is 3. The Morgan fingerprint density at radius 1 is 0.907 bits per heavy atom. The maximum Gasteiger partial charge on any atom is 0.407 e. The Labute approximate surface area is 255 Å². The lowest BCUT2D eigenvalue weighted by Crippen LogP contribution is -2.45. The molecule has 1 saturated heterocycles. The number of carbonyl (C=O) groups is 3. The molecule has 0 aromatic heterocycles. The summed E-state index contributed by atoms with van der Waals surface area (Å²) in [6, 6.07) is 16.5. The molecule has 43 heavy (non-hydrogen) atoms. The van der Waals surface area contributed by atoms with Gasteiger partial charge >= 0.3 is 6.09 Å². The highest BCUT2D eigenvalue weighted by Gasteiger charge is 2.31. The zero-order chi connectivity index (χ0) is 31.2. The number of benzene rings is 2. The molecule has 0 spiro atoms. The maximum atomic E-state index is 12.3. The van der Waals surface area contributed by atoms with Gasteiger partial charge in [0.15, 0.2) is 0 Å². The second-order valence-corrected chi connectivity index (χ2v) is 11.3. The predicted octanol–water partition coefficient (Wildman–Crippen LogP) is 3.47. The molecule has 1 fully saturated rings. The molecule has 0 radical (unpaired) electrons. The van der Waals surface area contributed by atoms with Crippen LogP contribution >= 0.6 is 0 Å². The summed E-state index contributed by atoms with van der Waals surface area (Å²) < 4.78 is 24.1. The number of alkyl carbamates (subject to hydrolysis) is 1.